The largest absolute Gasteiger partial charge is 0.481 e. The van der Waals surface area contributed by atoms with Gasteiger partial charge in [0.25, 0.3) is 0 Å². The molecule has 6 heteroatoms. The second-order valence-corrected chi connectivity index (χ2v) is 7.50. The molecule has 3 atom stereocenters. The summed E-state index contributed by atoms with van der Waals surface area (Å²) in [5.41, 5.74) is -0.611. The first kappa shape index (κ1) is 15.5. The summed E-state index contributed by atoms with van der Waals surface area (Å²) in [6.07, 6.45) is 2.71. The van der Waals surface area contributed by atoms with E-state index in [9.17, 15) is 14.7 Å². The van der Waals surface area contributed by atoms with E-state index in [-0.39, 0.29) is 17.9 Å². The van der Waals surface area contributed by atoms with Crippen LogP contribution in [0.4, 0.5) is 0 Å². The highest BCUT2D eigenvalue weighted by Crippen LogP contribution is 2.48. The van der Waals surface area contributed by atoms with E-state index in [1.54, 1.807) is 11.3 Å². The topological polar surface area (TPSA) is 69.6 Å². The molecule has 3 rings (SSSR count). The van der Waals surface area contributed by atoms with Gasteiger partial charge >= 0.3 is 5.97 Å². The first-order chi connectivity index (χ1) is 10.5. The van der Waals surface area contributed by atoms with Crippen LogP contribution < -0.4 is 5.32 Å². The third-order valence-electron chi connectivity index (χ3n) is 5.08. The zero-order valence-electron chi connectivity index (χ0n) is 12.7. The highest BCUT2D eigenvalue weighted by molar-refractivity contribution is 7.10. The first-order valence-electron chi connectivity index (χ1n) is 7.80. The Kier molecular flexibility index (Phi) is 4.23. The molecule has 1 aliphatic heterocycles. The average molecular weight is 322 g/mol. The number of hydrogen-bond donors (Lipinski definition) is 2. The Balaban J connectivity index is 1.56. The molecule has 1 aromatic heterocycles. The summed E-state index contributed by atoms with van der Waals surface area (Å²) in [5.74, 6) is -0.515. The van der Waals surface area contributed by atoms with Crippen LogP contribution in [-0.4, -0.2) is 41.5 Å². The Labute approximate surface area is 134 Å². The summed E-state index contributed by atoms with van der Waals surface area (Å²) in [7, 11) is 0. The molecular weight excluding hydrogens is 300 g/mol. The lowest BCUT2D eigenvalue weighted by Crippen LogP contribution is -2.40. The molecule has 0 bridgehead atoms. The van der Waals surface area contributed by atoms with Gasteiger partial charge in [0.15, 0.2) is 0 Å². The van der Waals surface area contributed by atoms with Crippen LogP contribution in [0.2, 0.25) is 0 Å². The van der Waals surface area contributed by atoms with Gasteiger partial charge in [0.05, 0.1) is 18.0 Å². The van der Waals surface area contributed by atoms with Crippen molar-refractivity contribution in [3.8, 4) is 0 Å². The molecule has 1 amide bonds. The Bertz CT molecular complexity index is 560. The molecule has 1 aliphatic carbocycles. The zero-order chi connectivity index (χ0) is 15.7. The van der Waals surface area contributed by atoms with Crippen molar-refractivity contribution in [3.63, 3.8) is 0 Å². The van der Waals surface area contributed by atoms with Gasteiger partial charge in [-0.05, 0) is 37.1 Å². The fourth-order valence-corrected chi connectivity index (χ4v) is 4.70. The first-order valence-corrected chi connectivity index (χ1v) is 8.68. The second-order valence-electron chi connectivity index (χ2n) is 6.52. The van der Waals surface area contributed by atoms with Gasteiger partial charge in [0.1, 0.15) is 0 Å². The maximum absolute atomic E-state index is 12.2. The van der Waals surface area contributed by atoms with Crippen LogP contribution in [0.1, 0.15) is 37.1 Å². The van der Waals surface area contributed by atoms with E-state index in [0.717, 1.165) is 30.7 Å². The molecule has 120 valence electrons. The van der Waals surface area contributed by atoms with Crippen molar-refractivity contribution in [1.29, 1.82) is 0 Å². The normalized spacial score (nSPS) is 29.2. The molecule has 0 aromatic carbocycles. The number of aliphatic carboxylic acids is 1. The predicted molar refractivity (Wildman–Crippen MR) is 84.7 cm³/mol. The Morgan fingerprint density at radius 1 is 1.59 bits per heavy atom. The molecule has 2 N–H and O–H groups in total. The number of nitrogens with zero attached hydrogens (tertiary/aromatic N) is 1. The van der Waals surface area contributed by atoms with Crippen LogP contribution in [0.15, 0.2) is 17.5 Å². The van der Waals surface area contributed by atoms with Crippen molar-refractivity contribution in [2.75, 3.05) is 19.6 Å². The molecule has 5 nitrogen and oxygen atoms in total. The zero-order valence-corrected chi connectivity index (χ0v) is 13.6. The molecule has 1 saturated heterocycles. The number of likely N-dealkylation sites (tertiary alicyclic amines) is 1. The number of hydrogen-bond acceptors (Lipinski definition) is 4. The standard InChI is InChI=1S/C16H22N2O3S/c1-11(13-5-3-7-22-13)17-14(19)9-18-8-12-4-2-6-16(12,10-18)15(20)21/h3,5,7,11-12H,2,4,6,8-10H2,1H3,(H,17,19)(H,20,21)/t11?,12-,16+/m0/s1. The third kappa shape index (κ3) is 2.77. The van der Waals surface area contributed by atoms with Crippen molar-refractivity contribution >= 4 is 23.2 Å². The number of rotatable bonds is 5. The fraction of sp³-hybridized carbons (Fsp3) is 0.625. The second kappa shape index (κ2) is 6.01. The molecule has 1 saturated carbocycles. The molecule has 1 unspecified atom stereocenters. The van der Waals surface area contributed by atoms with Gasteiger partial charge in [-0.1, -0.05) is 12.5 Å². The summed E-state index contributed by atoms with van der Waals surface area (Å²) in [6, 6.07) is 3.99. The molecule has 2 fully saturated rings. The van der Waals surface area contributed by atoms with Gasteiger partial charge < -0.3 is 10.4 Å². The Morgan fingerprint density at radius 3 is 3.05 bits per heavy atom. The van der Waals surface area contributed by atoms with Crippen LogP contribution in [0, 0.1) is 11.3 Å². The molecule has 0 spiro atoms. The maximum atomic E-state index is 12.2. The SMILES string of the molecule is CC(NC(=O)CN1C[C@@H]2CCC[C@@]2(C(=O)O)C1)c1cccs1. The van der Waals surface area contributed by atoms with Gasteiger partial charge in [-0.15, -0.1) is 11.3 Å². The van der Waals surface area contributed by atoms with Crippen LogP contribution >= 0.6 is 11.3 Å². The Hall–Kier alpha value is -1.40. The van der Waals surface area contributed by atoms with E-state index in [4.69, 9.17) is 0 Å². The quantitative estimate of drug-likeness (QED) is 0.871. The lowest BCUT2D eigenvalue weighted by atomic mass is 9.81. The van der Waals surface area contributed by atoms with E-state index >= 15 is 0 Å². The number of carboxylic acids is 1. The highest BCUT2D eigenvalue weighted by atomic mass is 32.1. The van der Waals surface area contributed by atoms with E-state index in [2.05, 4.69) is 5.32 Å². The number of amides is 1. The summed E-state index contributed by atoms with van der Waals surface area (Å²) < 4.78 is 0. The minimum absolute atomic E-state index is 0.00281. The minimum atomic E-state index is -0.690. The van der Waals surface area contributed by atoms with Crippen molar-refractivity contribution in [1.82, 2.24) is 10.2 Å². The van der Waals surface area contributed by atoms with Crippen molar-refractivity contribution in [2.45, 2.75) is 32.2 Å². The fourth-order valence-electron chi connectivity index (χ4n) is 3.96. The lowest BCUT2D eigenvalue weighted by Gasteiger charge is -2.23. The van der Waals surface area contributed by atoms with Gasteiger partial charge in [0, 0.05) is 18.0 Å². The van der Waals surface area contributed by atoms with Crippen LogP contribution in [0.5, 0.6) is 0 Å². The van der Waals surface area contributed by atoms with E-state index < -0.39 is 11.4 Å². The van der Waals surface area contributed by atoms with Crippen LogP contribution in [-0.2, 0) is 9.59 Å². The highest BCUT2D eigenvalue weighted by Gasteiger charge is 2.54. The van der Waals surface area contributed by atoms with Crippen molar-refractivity contribution < 1.29 is 14.7 Å². The van der Waals surface area contributed by atoms with E-state index in [1.807, 2.05) is 29.3 Å². The number of thiophene rings is 1. The predicted octanol–water partition coefficient (Wildman–Crippen LogP) is 2.11. The molecule has 22 heavy (non-hydrogen) atoms. The van der Waals surface area contributed by atoms with E-state index in [0.29, 0.717) is 13.1 Å². The molecule has 2 heterocycles. The summed E-state index contributed by atoms with van der Waals surface area (Å²) in [6.45, 7) is 3.50. The Morgan fingerprint density at radius 2 is 2.41 bits per heavy atom. The number of carbonyl (C=O) groups excluding carboxylic acids is 1. The summed E-state index contributed by atoms with van der Waals surface area (Å²) in [4.78, 5) is 27.0. The number of carboxylic acid groups (broad SMARTS) is 1. The van der Waals surface area contributed by atoms with Gasteiger partial charge in [-0.25, -0.2) is 0 Å². The van der Waals surface area contributed by atoms with Gasteiger partial charge in [-0.3, -0.25) is 14.5 Å². The smallest absolute Gasteiger partial charge is 0.311 e. The molecule has 2 aliphatic rings. The monoisotopic (exact) mass is 322 g/mol. The van der Waals surface area contributed by atoms with Crippen LogP contribution in [0.25, 0.3) is 0 Å². The minimum Gasteiger partial charge on any atom is -0.481 e. The van der Waals surface area contributed by atoms with Crippen molar-refractivity contribution in [2.24, 2.45) is 11.3 Å². The summed E-state index contributed by atoms with van der Waals surface area (Å²) in [5, 5.41) is 14.6. The molecular formula is C16H22N2O3S. The number of fused-ring (bicyclic) bond motifs is 1. The number of carbonyl (C=O) groups is 2. The molecule has 0 radical (unpaired) electrons. The van der Waals surface area contributed by atoms with Crippen LogP contribution in [0.3, 0.4) is 0 Å². The lowest BCUT2D eigenvalue weighted by molar-refractivity contribution is -0.149. The maximum Gasteiger partial charge on any atom is 0.311 e. The third-order valence-corrected chi connectivity index (χ3v) is 6.14. The number of nitrogens with one attached hydrogen (secondary N) is 1. The van der Waals surface area contributed by atoms with E-state index in [1.165, 1.54) is 0 Å². The van der Waals surface area contributed by atoms with Crippen molar-refractivity contribution in [3.05, 3.63) is 22.4 Å². The molecule has 1 aromatic rings. The summed E-state index contributed by atoms with van der Waals surface area (Å²) >= 11 is 1.63. The van der Waals surface area contributed by atoms with Gasteiger partial charge in [0.2, 0.25) is 5.91 Å². The average Bonchev–Trinajstić information content (AvgIpc) is 3.12. The van der Waals surface area contributed by atoms with Gasteiger partial charge in [-0.2, -0.15) is 0 Å².